The molecular weight excluding hydrogens is 244 g/mol. The highest BCUT2D eigenvalue weighted by atomic mass is 16.6. The zero-order valence-corrected chi connectivity index (χ0v) is 10.8. The van der Waals surface area contributed by atoms with Gasteiger partial charge in [0.25, 0.3) is 5.69 Å². The zero-order valence-electron chi connectivity index (χ0n) is 10.8. The summed E-state index contributed by atoms with van der Waals surface area (Å²) in [6, 6.07) is 3.74. The van der Waals surface area contributed by atoms with Gasteiger partial charge < -0.3 is 10.2 Å². The van der Waals surface area contributed by atoms with Crippen molar-refractivity contribution in [3.8, 4) is 0 Å². The van der Waals surface area contributed by atoms with Crippen molar-refractivity contribution in [3.63, 3.8) is 0 Å². The van der Waals surface area contributed by atoms with Crippen LogP contribution in [-0.2, 0) is 0 Å². The highest BCUT2D eigenvalue weighted by molar-refractivity contribution is 5.44. The number of nitrogens with zero attached hydrogens (tertiary/aromatic N) is 3. The molecule has 1 N–H and O–H groups in total. The Morgan fingerprint density at radius 2 is 2.32 bits per heavy atom. The average Bonchev–Trinajstić information content (AvgIpc) is 3.16. The molecule has 1 aliphatic carbocycles. The predicted molar refractivity (Wildman–Crippen MR) is 72.1 cm³/mol. The van der Waals surface area contributed by atoms with E-state index in [1.807, 2.05) is 0 Å². The maximum atomic E-state index is 10.7. The summed E-state index contributed by atoms with van der Waals surface area (Å²) in [7, 11) is 0. The summed E-state index contributed by atoms with van der Waals surface area (Å²) in [6.07, 6.45) is 5.39. The van der Waals surface area contributed by atoms with Crippen molar-refractivity contribution in [2.24, 2.45) is 5.92 Å². The SMILES string of the molecule is O=[N+]([O-])c1ccnc(NCC2CCN(C3CC3)C2)c1. The van der Waals surface area contributed by atoms with E-state index < -0.39 is 4.92 Å². The number of nitro groups is 1. The van der Waals surface area contributed by atoms with Crippen LogP contribution in [-0.4, -0.2) is 40.5 Å². The van der Waals surface area contributed by atoms with Crippen molar-refractivity contribution in [2.75, 3.05) is 25.0 Å². The molecule has 1 aromatic rings. The normalized spacial score (nSPS) is 23.5. The van der Waals surface area contributed by atoms with E-state index >= 15 is 0 Å². The van der Waals surface area contributed by atoms with Crippen molar-refractivity contribution in [1.29, 1.82) is 0 Å². The first kappa shape index (κ1) is 12.3. The van der Waals surface area contributed by atoms with Crippen molar-refractivity contribution >= 4 is 11.5 Å². The van der Waals surface area contributed by atoms with Crippen LogP contribution in [0, 0.1) is 16.0 Å². The van der Waals surface area contributed by atoms with E-state index in [1.165, 1.54) is 44.1 Å². The van der Waals surface area contributed by atoms with Gasteiger partial charge in [0, 0.05) is 31.4 Å². The highest BCUT2D eigenvalue weighted by Gasteiger charge is 2.34. The first-order chi connectivity index (χ1) is 9.22. The lowest BCUT2D eigenvalue weighted by Gasteiger charge is -2.15. The molecule has 1 saturated carbocycles. The molecule has 1 aromatic heterocycles. The van der Waals surface area contributed by atoms with Gasteiger partial charge in [-0.1, -0.05) is 0 Å². The molecule has 2 aliphatic rings. The molecule has 19 heavy (non-hydrogen) atoms. The van der Waals surface area contributed by atoms with E-state index in [0.717, 1.165) is 19.1 Å². The summed E-state index contributed by atoms with van der Waals surface area (Å²) >= 11 is 0. The van der Waals surface area contributed by atoms with Gasteiger partial charge in [-0.05, 0) is 31.7 Å². The third-order valence-electron chi connectivity index (χ3n) is 3.91. The minimum atomic E-state index is -0.392. The number of pyridine rings is 1. The Labute approximate surface area is 112 Å². The molecule has 6 nitrogen and oxygen atoms in total. The van der Waals surface area contributed by atoms with Crippen LogP contribution in [0.2, 0.25) is 0 Å². The smallest absolute Gasteiger partial charge is 0.274 e. The fourth-order valence-electron chi connectivity index (χ4n) is 2.68. The lowest BCUT2D eigenvalue weighted by Crippen LogP contribution is -2.24. The second-order valence-electron chi connectivity index (χ2n) is 5.42. The highest BCUT2D eigenvalue weighted by Crippen LogP contribution is 2.31. The Kier molecular flexibility index (Phi) is 3.33. The Morgan fingerprint density at radius 1 is 1.47 bits per heavy atom. The minimum Gasteiger partial charge on any atom is -0.370 e. The van der Waals surface area contributed by atoms with E-state index in [9.17, 15) is 10.1 Å². The molecule has 0 bridgehead atoms. The third kappa shape index (κ3) is 3.01. The van der Waals surface area contributed by atoms with Crippen molar-refractivity contribution < 1.29 is 4.92 Å². The Morgan fingerprint density at radius 3 is 3.05 bits per heavy atom. The van der Waals surface area contributed by atoms with Crippen LogP contribution in [0.25, 0.3) is 0 Å². The monoisotopic (exact) mass is 262 g/mol. The van der Waals surface area contributed by atoms with Gasteiger partial charge in [-0.3, -0.25) is 10.1 Å². The van der Waals surface area contributed by atoms with Crippen molar-refractivity contribution in [2.45, 2.75) is 25.3 Å². The van der Waals surface area contributed by atoms with Crippen molar-refractivity contribution in [1.82, 2.24) is 9.88 Å². The van der Waals surface area contributed by atoms with E-state index in [4.69, 9.17) is 0 Å². The third-order valence-corrected chi connectivity index (χ3v) is 3.91. The predicted octanol–water partition coefficient (Wildman–Crippen LogP) is 1.89. The lowest BCUT2D eigenvalue weighted by atomic mass is 10.1. The number of likely N-dealkylation sites (tertiary alicyclic amines) is 1. The van der Waals surface area contributed by atoms with E-state index in [0.29, 0.717) is 11.7 Å². The Balaban J connectivity index is 1.51. The van der Waals surface area contributed by atoms with Gasteiger partial charge in [0.1, 0.15) is 5.82 Å². The first-order valence-electron chi connectivity index (χ1n) is 6.81. The van der Waals surface area contributed by atoms with Crippen LogP contribution in [0.15, 0.2) is 18.3 Å². The van der Waals surface area contributed by atoms with Crippen LogP contribution in [0.1, 0.15) is 19.3 Å². The summed E-state index contributed by atoms with van der Waals surface area (Å²) in [6.45, 7) is 3.18. The van der Waals surface area contributed by atoms with Gasteiger partial charge >= 0.3 is 0 Å². The maximum absolute atomic E-state index is 10.7. The lowest BCUT2D eigenvalue weighted by molar-refractivity contribution is -0.384. The first-order valence-corrected chi connectivity index (χ1v) is 6.81. The molecule has 1 unspecified atom stereocenters. The van der Waals surface area contributed by atoms with E-state index in [-0.39, 0.29) is 5.69 Å². The molecule has 0 radical (unpaired) electrons. The summed E-state index contributed by atoms with van der Waals surface area (Å²) in [5, 5.41) is 13.9. The second-order valence-corrected chi connectivity index (χ2v) is 5.42. The molecule has 2 heterocycles. The molecule has 2 fully saturated rings. The summed E-state index contributed by atoms with van der Waals surface area (Å²) in [4.78, 5) is 17.0. The Hall–Kier alpha value is -1.69. The van der Waals surface area contributed by atoms with Crippen molar-refractivity contribution in [3.05, 3.63) is 28.4 Å². The number of hydrogen-bond acceptors (Lipinski definition) is 5. The van der Waals surface area contributed by atoms with Gasteiger partial charge in [0.15, 0.2) is 0 Å². The Bertz CT molecular complexity index is 475. The fraction of sp³-hybridized carbons (Fsp3) is 0.615. The summed E-state index contributed by atoms with van der Waals surface area (Å²) < 4.78 is 0. The molecule has 3 rings (SSSR count). The van der Waals surface area contributed by atoms with Crippen LogP contribution in [0.5, 0.6) is 0 Å². The van der Waals surface area contributed by atoms with Gasteiger partial charge in [0.05, 0.1) is 11.0 Å². The van der Waals surface area contributed by atoms with Crippen LogP contribution >= 0.6 is 0 Å². The molecule has 1 saturated heterocycles. The van der Waals surface area contributed by atoms with Crippen LogP contribution in [0.3, 0.4) is 0 Å². The number of nitrogens with one attached hydrogen (secondary N) is 1. The number of anilines is 1. The standard InChI is InChI=1S/C13H18N4O2/c18-17(19)12-3-5-14-13(7-12)15-8-10-4-6-16(9-10)11-1-2-11/h3,5,7,10-11H,1-2,4,6,8-9H2,(H,14,15). The second kappa shape index (κ2) is 5.13. The quantitative estimate of drug-likeness (QED) is 0.648. The van der Waals surface area contributed by atoms with Crippen LogP contribution < -0.4 is 5.32 Å². The fourth-order valence-corrected chi connectivity index (χ4v) is 2.68. The molecular formula is C13H18N4O2. The summed E-state index contributed by atoms with van der Waals surface area (Å²) in [5.74, 6) is 1.22. The van der Waals surface area contributed by atoms with Gasteiger partial charge in [0.2, 0.25) is 0 Å². The topological polar surface area (TPSA) is 71.3 Å². The molecule has 1 aliphatic heterocycles. The molecule has 1 atom stereocenters. The molecule has 6 heteroatoms. The van der Waals surface area contributed by atoms with E-state index in [1.54, 1.807) is 0 Å². The number of aromatic nitrogens is 1. The van der Waals surface area contributed by atoms with E-state index in [2.05, 4.69) is 15.2 Å². The molecule has 0 amide bonds. The number of hydrogen-bond donors (Lipinski definition) is 1. The van der Waals surface area contributed by atoms with Gasteiger partial charge in [-0.2, -0.15) is 0 Å². The zero-order chi connectivity index (χ0) is 13.2. The van der Waals surface area contributed by atoms with Crippen LogP contribution in [0.4, 0.5) is 11.5 Å². The molecule has 0 spiro atoms. The summed E-state index contributed by atoms with van der Waals surface area (Å²) in [5.41, 5.74) is 0.0866. The van der Waals surface area contributed by atoms with Gasteiger partial charge in [-0.15, -0.1) is 0 Å². The average molecular weight is 262 g/mol. The molecule has 0 aromatic carbocycles. The maximum Gasteiger partial charge on any atom is 0.274 e. The van der Waals surface area contributed by atoms with Gasteiger partial charge in [-0.25, -0.2) is 4.98 Å². The molecule has 102 valence electrons. The largest absolute Gasteiger partial charge is 0.370 e. The minimum absolute atomic E-state index is 0.0866. The number of rotatable bonds is 5.